The number of rotatable bonds is 5. The molecular formula is C20H22Cl2N4O2. The van der Waals surface area contributed by atoms with Gasteiger partial charge in [0, 0.05) is 30.2 Å². The number of nitrogens with zero attached hydrogens (tertiary/aromatic N) is 3. The molecule has 1 amide bonds. The summed E-state index contributed by atoms with van der Waals surface area (Å²) in [5, 5.41) is 8.42. The number of aromatic nitrogens is 2. The number of carbonyl (C=O) groups is 1. The Morgan fingerprint density at radius 2 is 2.11 bits per heavy atom. The molecule has 1 aliphatic rings. The van der Waals surface area contributed by atoms with E-state index >= 15 is 0 Å². The van der Waals surface area contributed by atoms with Gasteiger partial charge in [-0.05, 0) is 56.3 Å². The fraction of sp³-hybridized carbons (Fsp3) is 0.300. The van der Waals surface area contributed by atoms with Crippen molar-refractivity contribution in [1.29, 1.82) is 0 Å². The van der Waals surface area contributed by atoms with Gasteiger partial charge in [-0.15, -0.1) is 12.4 Å². The summed E-state index contributed by atoms with van der Waals surface area (Å²) in [5.74, 6) is 0.609. The van der Waals surface area contributed by atoms with Gasteiger partial charge in [-0.25, -0.2) is 4.68 Å². The van der Waals surface area contributed by atoms with Gasteiger partial charge >= 0.3 is 0 Å². The third-order valence-corrected chi connectivity index (χ3v) is 5.10. The van der Waals surface area contributed by atoms with Gasteiger partial charge in [0.1, 0.15) is 5.69 Å². The van der Waals surface area contributed by atoms with Crippen molar-refractivity contribution in [3.05, 3.63) is 59.4 Å². The molecule has 0 radical (unpaired) electrons. The number of likely N-dealkylation sites (tertiary alicyclic amines) is 1. The van der Waals surface area contributed by atoms with Crippen LogP contribution in [-0.2, 0) is 0 Å². The number of hydrogen-bond donors (Lipinski definition) is 1. The van der Waals surface area contributed by atoms with Crippen LogP contribution in [0.25, 0.3) is 17.1 Å². The average molecular weight is 421 g/mol. The summed E-state index contributed by atoms with van der Waals surface area (Å²) in [6, 6.07) is 13.0. The lowest BCUT2D eigenvalue weighted by molar-refractivity contribution is 0.0730. The van der Waals surface area contributed by atoms with Gasteiger partial charge in [0.25, 0.3) is 5.91 Å². The van der Waals surface area contributed by atoms with Crippen molar-refractivity contribution in [3.8, 4) is 17.1 Å². The molecule has 148 valence electrons. The zero-order valence-electron chi connectivity index (χ0n) is 15.5. The number of halogens is 2. The highest BCUT2D eigenvalue weighted by atomic mass is 35.5. The topological polar surface area (TPSA) is 63.3 Å². The number of benzene rings is 1. The number of nitrogens with one attached hydrogen (secondary N) is 1. The lowest BCUT2D eigenvalue weighted by Crippen LogP contribution is -2.41. The molecule has 1 atom stereocenters. The predicted molar refractivity (Wildman–Crippen MR) is 112 cm³/mol. The molecule has 8 heteroatoms. The monoisotopic (exact) mass is 420 g/mol. The van der Waals surface area contributed by atoms with E-state index in [1.807, 2.05) is 36.2 Å². The molecule has 0 aliphatic carbocycles. The van der Waals surface area contributed by atoms with Crippen LogP contribution in [-0.4, -0.2) is 46.8 Å². The molecular weight excluding hydrogens is 399 g/mol. The Bertz CT molecular complexity index is 922. The Hall–Kier alpha value is -2.28. The largest absolute Gasteiger partial charge is 0.463 e. The highest BCUT2D eigenvalue weighted by Crippen LogP contribution is 2.27. The third-order valence-electron chi connectivity index (χ3n) is 4.85. The van der Waals surface area contributed by atoms with Gasteiger partial charge in [0.2, 0.25) is 0 Å². The molecule has 3 heterocycles. The van der Waals surface area contributed by atoms with E-state index in [1.165, 1.54) is 0 Å². The first-order chi connectivity index (χ1) is 13.2. The van der Waals surface area contributed by atoms with Crippen LogP contribution in [0.3, 0.4) is 0 Å². The normalized spacial score (nSPS) is 16.2. The summed E-state index contributed by atoms with van der Waals surface area (Å²) in [4.78, 5) is 15.0. The van der Waals surface area contributed by atoms with Gasteiger partial charge in [0.15, 0.2) is 11.5 Å². The highest BCUT2D eigenvalue weighted by Gasteiger charge is 2.31. The van der Waals surface area contributed by atoms with Crippen LogP contribution in [0, 0.1) is 0 Å². The van der Waals surface area contributed by atoms with Crippen molar-refractivity contribution < 1.29 is 9.21 Å². The van der Waals surface area contributed by atoms with Gasteiger partial charge < -0.3 is 14.6 Å². The van der Waals surface area contributed by atoms with Crippen LogP contribution in [0.15, 0.2) is 53.1 Å². The maximum absolute atomic E-state index is 13.1. The Kier molecular flexibility index (Phi) is 6.44. The van der Waals surface area contributed by atoms with Crippen molar-refractivity contribution in [2.75, 3.05) is 20.1 Å². The first-order valence-electron chi connectivity index (χ1n) is 9.03. The molecule has 4 rings (SSSR count). The summed E-state index contributed by atoms with van der Waals surface area (Å²) < 4.78 is 7.29. The molecule has 28 heavy (non-hydrogen) atoms. The molecule has 1 fully saturated rings. The first kappa shape index (κ1) is 20.5. The predicted octanol–water partition coefficient (Wildman–Crippen LogP) is 4.03. The molecule has 1 aliphatic heterocycles. The number of furan rings is 1. The Morgan fingerprint density at radius 3 is 2.79 bits per heavy atom. The number of likely N-dealkylation sites (N-methyl/N-ethyl adjacent to an activating group) is 1. The van der Waals surface area contributed by atoms with E-state index < -0.39 is 0 Å². The Balaban J connectivity index is 0.00000225. The fourth-order valence-electron chi connectivity index (χ4n) is 3.56. The van der Waals surface area contributed by atoms with E-state index in [0.717, 1.165) is 37.3 Å². The Morgan fingerprint density at radius 1 is 1.32 bits per heavy atom. The fourth-order valence-corrected chi connectivity index (χ4v) is 3.69. The molecule has 2 aromatic heterocycles. The summed E-state index contributed by atoms with van der Waals surface area (Å²) in [5.41, 5.74) is 1.97. The number of hydrogen-bond acceptors (Lipinski definition) is 4. The molecule has 6 nitrogen and oxygen atoms in total. The van der Waals surface area contributed by atoms with Gasteiger partial charge in [0.05, 0.1) is 12.0 Å². The van der Waals surface area contributed by atoms with Gasteiger partial charge in [-0.1, -0.05) is 11.6 Å². The maximum Gasteiger partial charge on any atom is 0.274 e. The average Bonchev–Trinajstić information content (AvgIpc) is 3.42. The third kappa shape index (κ3) is 3.94. The van der Waals surface area contributed by atoms with E-state index in [9.17, 15) is 4.79 Å². The van der Waals surface area contributed by atoms with Crippen molar-refractivity contribution >= 4 is 29.9 Å². The van der Waals surface area contributed by atoms with Crippen molar-refractivity contribution in [2.45, 2.75) is 18.9 Å². The second-order valence-corrected chi connectivity index (χ2v) is 7.07. The maximum atomic E-state index is 13.1. The summed E-state index contributed by atoms with van der Waals surface area (Å²) in [7, 11) is 1.91. The van der Waals surface area contributed by atoms with Gasteiger partial charge in [-0.3, -0.25) is 4.79 Å². The summed E-state index contributed by atoms with van der Waals surface area (Å²) in [6.45, 7) is 1.55. The second-order valence-electron chi connectivity index (χ2n) is 6.63. The second kappa shape index (κ2) is 8.82. The zero-order chi connectivity index (χ0) is 18.8. The van der Waals surface area contributed by atoms with Crippen LogP contribution in [0.2, 0.25) is 5.02 Å². The van der Waals surface area contributed by atoms with Crippen LogP contribution < -0.4 is 5.32 Å². The lowest BCUT2D eigenvalue weighted by atomic mass is 10.2. The lowest BCUT2D eigenvalue weighted by Gasteiger charge is -2.23. The number of amides is 1. The van der Waals surface area contributed by atoms with Crippen LogP contribution in [0.5, 0.6) is 0 Å². The first-order valence-corrected chi connectivity index (χ1v) is 9.40. The van der Waals surface area contributed by atoms with E-state index in [-0.39, 0.29) is 24.4 Å². The quantitative estimate of drug-likeness (QED) is 0.676. The van der Waals surface area contributed by atoms with E-state index in [1.54, 1.807) is 29.1 Å². The van der Waals surface area contributed by atoms with Crippen LogP contribution in [0.4, 0.5) is 0 Å². The molecule has 3 aromatic rings. The molecule has 1 saturated heterocycles. The minimum Gasteiger partial charge on any atom is -0.463 e. The van der Waals surface area contributed by atoms with E-state index in [0.29, 0.717) is 16.5 Å². The van der Waals surface area contributed by atoms with Gasteiger partial charge in [-0.2, -0.15) is 5.10 Å². The standard InChI is InChI=1S/C20H21ClN4O2.ClH/c1-22-13-16-4-2-10-24(16)20(26)17-12-18(19-5-3-11-27-19)25(23-17)15-8-6-14(21)7-9-15;/h3,5-9,11-12,16,22H,2,4,10,13H2,1H3;1H. The molecule has 1 aromatic carbocycles. The highest BCUT2D eigenvalue weighted by molar-refractivity contribution is 6.30. The summed E-state index contributed by atoms with van der Waals surface area (Å²) >= 11 is 6.01. The minimum atomic E-state index is -0.0479. The van der Waals surface area contributed by atoms with Crippen molar-refractivity contribution in [1.82, 2.24) is 20.0 Å². The van der Waals surface area contributed by atoms with Crippen LogP contribution in [0.1, 0.15) is 23.3 Å². The van der Waals surface area contributed by atoms with Crippen molar-refractivity contribution in [2.24, 2.45) is 0 Å². The Labute approximate surface area is 174 Å². The minimum absolute atomic E-state index is 0. The molecule has 1 unspecified atom stereocenters. The molecule has 0 saturated carbocycles. The zero-order valence-corrected chi connectivity index (χ0v) is 17.0. The van der Waals surface area contributed by atoms with E-state index in [4.69, 9.17) is 16.0 Å². The molecule has 1 N–H and O–H groups in total. The number of carbonyl (C=O) groups excluding carboxylic acids is 1. The van der Waals surface area contributed by atoms with E-state index in [2.05, 4.69) is 10.4 Å². The summed E-state index contributed by atoms with van der Waals surface area (Å²) in [6.07, 6.45) is 3.63. The molecule has 0 spiro atoms. The smallest absolute Gasteiger partial charge is 0.274 e. The van der Waals surface area contributed by atoms with Crippen molar-refractivity contribution in [3.63, 3.8) is 0 Å². The SMILES string of the molecule is CNCC1CCCN1C(=O)c1cc(-c2ccco2)n(-c2ccc(Cl)cc2)n1.Cl. The van der Waals surface area contributed by atoms with Crippen LogP contribution >= 0.6 is 24.0 Å². The molecule has 0 bridgehead atoms.